The van der Waals surface area contributed by atoms with Gasteiger partial charge in [-0.3, -0.25) is 24.0 Å². The van der Waals surface area contributed by atoms with E-state index >= 15 is 0 Å². The number of nitrogens with zero attached hydrogens (tertiary/aromatic N) is 4. The molecule has 2 aliphatic rings. The first-order valence-corrected chi connectivity index (χ1v) is 8.09. The number of aromatic amines is 1. The van der Waals surface area contributed by atoms with Crippen molar-refractivity contribution in [3.05, 3.63) is 20.8 Å². The smallest absolute Gasteiger partial charge is 0.303 e. The van der Waals surface area contributed by atoms with Crippen LogP contribution in [-0.2, 0) is 18.4 Å². The van der Waals surface area contributed by atoms with Crippen LogP contribution in [-0.4, -0.2) is 31.1 Å². The van der Waals surface area contributed by atoms with E-state index in [1.165, 1.54) is 11.0 Å². The molecule has 0 saturated heterocycles. The fourth-order valence-electron chi connectivity index (χ4n) is 3.76. The van der Waals surface area contributed by atoms with Crippen LogP contribution in [0.2, 0.25) is 0 Å². The van der Waals surface area contributed by atoms with E-state index in [4.69, 9.17) is 0 Å². The molecule has 0 unspecified atom stereocenters. The van der Waals surface area contributed by atoms with E-state index in [0.717, 1.165) is 25.7 Å². The largest absolute Gasteiger partial charge is 0.329 e. The van der Waals surface area contributed by atoms with Gasteiger partial charge >= 0.3 is 5.69 Å². The zero-order chi connectivity index (χ0) is 16.1. The number of rotatable bonds is 1. The van der Waals surface area contributed by atoms with Crippen LogP contribution in [0.3, 0.4) is 0 Å². The third-order valence-corrected chi connectivity index (χ3v) is 4.96. The highest BCUT2D eigenvalue weighted by molar-refractivity contribution is 5.95. The summed E-state index contributed by atoms with van der Waals surface area (Å²) in [7, 11) is 1.58. The number of H-pyrrole nitrogens is 1. The van der Waals surface area contributed by atoms with Gasteiger partial charge in [-0.15, -0.1) is 0 Å². The number of hydrogen-bond acceptors (Lipinski definition) is 4. The average molecular weight is 317 g/mol. The van der Waals surface area contributed by atoms with E-state index < -0.39 is 11.2 Å². The van der Waals surface area contributed by atoms with Gasteiger partial charge in [0, 0.05) is 26.1 Å². The monoisotopic (exact) mass is 317 g/mol. The Hall–Kier alpha value is -2.38. The SMILES string of the molecule is Cn1c(=O)[nH]c(=O)c2c1nc1n2CCC(=O)N1C1CCCCC1. The van der Waals surface area contributed by atoms with Crippen LogP contribution in [0.5, 0.6) is 0 Å². The van der Waals surface area contributed by atoms with Crippen molar-refractivity contribution in [3.63, 3.8) is 0 Å². The van der Waals surface area contributed by atoms with Crippen LogP contribution in [0.1, 0.15) is 38.5 Å². The Morgan fingerprint density at radius 3 is 2.61 bits per heavy atom. The lowest BCUT2D eigenvalue weighted by molar-refractivity contribution is -0.120. The summed E-state index contributed by atoms with van der Waals surface area (Å²) >= 11 is 0. The van der Waals surface area contributed by atoms with Gasteiger partial charge in [0.2, 0.25) is 11.9 Å². The third kappa shape index (κ3) is 2.04. The maximum absolute atomic E-state index is 12.5. The van der Waals surface area contributed by atoms with Crippen molar-refractivity contribution in [2.75, 3.05) is 4.90 Å². The third-order valence-electron chi connectivity index (χ3n) is 4.96. The first kappa shape index (κ1) is 14.2. The Bertz CT molecular complexity index is 900. The molecular formula is C15H19N5O3. The molecule has 4 rings (SSSR count). The number of carbonyl (C=O) groups is 1. The van der Waals surface area contributed by atoms with Gasteiger partial charge in [0.1, 0.15) is 0 Å². The van der Waals surface area contributed by atoms with Gasteiger partial charge in [-0.2, -0.15) is 4.98 Å². The zero-order valence-electron chi connectivity index (χ0n) is 13.0. The lowest BCUT2D eigenvalue weighted by Crippen LogP contribution is -2.46. The molecule has 1 aliphatic carbocycles. The van der Waals surface area contributed by atoms with E-state index in [0.29, 0.717) is 30.1 Å². The highest BCUT2D eigenvalue weighted by atomic mass is 16.2. The lowest BCUT2D eigenvalue weighted by Gasteiger charge is -2.36. The topological polar surface area (TPSA) is 93.0 Å². The van der Waals surface area contributed by atoms with E-state index in [9.17, 15) is 14.4 Å². The fraction of sp³-hybridized carbons (Fsp3) is 0.600. The first-order valence-electron chi connectivity index (χ1n) is 8.09. The molecule has 0 bridgehead atoms. The van der Waals surface area contributed by atoms with E-state index in [1.807, 2.05) is 0 Å². The number of carbonyl (C=O) groups excluding carboxylic acids is 1. The summed E-state index contributed by atoms with van der Waals surface area (Å²) < 4.78 is 3.11. The Kier molecular flexibility index (Phi) is 3.14. The van der Waals surface area contributed by atoms with Crippen LogP contribution in [0.4, 0.5) is 5.95 Å². The van der Waals surface area contributed by atoms with Crippen molar-refractivity contribution in [1.82, 2.24) is 19.1 Å². The molecule has 1 N–H and O–H groups in total. The van der Waals surface area contributed by atoms with Crippen LogP contribution < -0.4 is 16.1 Å². The Labute approximate surface area is 131 Å². The minimum Gasteiger partial charge on any atom is -0.303 e. The second-order valence-corrected chi connectivity index (χ2v) is 6.36. The molecule has 3 heterocycles. The van der Waals surface area contributed by atoms with Crippen molar-refractivity contribution >= 4 is 23.0 Å². The number of amides is 1. The van der Waals surface area contributed by atoms with Gasteiger partial charge in [-0.05, 0) is 12.8 Å². The van der Waals surface area contributed by atoms with Gasteiger partial charge in [0.05, 0.1) is 0 Å². The summed E-state index contributed by atoms with van der Waals surface area (Å²) in [4.78, 5) is 45.1. The van der Waals surface area contributed by atoms with E-state index in [-0.39, 0.29) is 11.9 Å². The summed E-state index contributed by atoms with van der Waals surface area (Å²) in [5.74, 6) is 0.566. The van der Waals surface area contributed by atoms with Crippen molar-refractivity contribution in [3.8, 4) is 0 Å². The maximum Gasteiger partial charge on any atom is 0.329 e. The standard InChI is InChI=1S/C15H19N5O3/c1-18-12-11(13(22)17-15(18)23)19-8-7-10(21)20(14(19)16-12)9-5-3-2-4-6-9/h9H,2-8H2,1H3,(H,17,22,23). The Morgan fingerprint density at radius 2 is 1.87 bits per heavy atom. The number of nitrogens with one attached hydrogen (secondary N) is 1. The number of aryl methyl sites for hydroxylation is 2. The molecule has 0 aromatic carbocycles. The van der Waals surface area contributed by atoms with Gasteiger partial charge in [0.25, 0.3) is 5.56 Å². The zero-order valence-corrected chi connectivity index (χ0v) is 13.0. The molecule has 2 aromatic rings. The average Bonchev–Trinajstić information content (AvgIpc) is 2.93. The molecule has 1 amide bonds. The summed E-state index contributed by atoms with van der Waals surface area (Å²) in [5.41, 5.74) is -0.229. The van der Waals surface area contributed by atoms with Crippen molar-refractivity contribution in [2.45, 2.75) is 51.1 Å². The summed E-state index contributed by atoms with van der Waals surface area (Å²) in [6, 6.07) is 0.142. The van der Waals surface area contributed by atoms with Crippen molar-refractivity contribution in [1.29, 1.82) is 0 Å². The predicted octanol–water partition coefficient (Wildman–Crippen LogP) is 0.493. The van der Waals surface area contributed by atoms with Gasteiger partial charge in [-0.25, -0.2) is 4.79 Å². The van der Waals surface area contributed by atoms with Gasteiger partial charge in [0.15, 0.2) is 11.2 Å². The normalized spacial score (nSPS) is 19.3. The fourth-order valence-corrected chi connectivity index (χ4v) is 3.76. The molecule has 8 nitrogen and oxygen atoms in total. The van der Waals surface area contributed by atoms with Crippen molar-refractivity contribution in [2.24, 2.45) is 7.05 Å². The first-order chi connectivity index (χ1) is 11.1. The van der Waals surface area contributed by atoms with Crippen molar-refractivity contribution < 1.29 is 4.79 Å². The highest BCUT2D eigenvalue weighted by Gasteiger charge is 2.35. The molecule has 1 fully saturated rings. The molecule has 1 saturated carbocycles. The molecule has 23 heavy (non-hydrogen) atoms. The minimum atomic E-state index is -0.492. The Morgan fingerprint density at radius 1 is 1.13 bits per heavy atom. The number of anilines is 1. The second kappa shape index (κ2) is 5.07. The quantitative estimate of drug-likeness (QED) is 0.828. The molecule has 8 heteroatoms. The molecular weight excluding hydrogens is 298 g/mol. The molecule has 1 aliphatic heterocycles. The lowest BCUT2D eigenvalue weighted by atomic mass is 9.94. The van der Waals surface area contributed by atoms with Crippen LogP contribution in [0.15, 0.2) is 9.59 Å². The summed E-state index contributed by atoms with van der Waals surface area (Å²) in [6.07, 6.45) is 5.69. The summed E-state index contributed by atoms with van der Waals surface area (Å²) in [5, 5.41) is 0. The Balaban J connectivity index is 1.94. The second-order valence-electron chi connectivity index (χ2n) is 6.36. The summed E-state index contributed by atoms with van der Waals surface area (Å²) in [6.45, 7) is 0.426. The number of hydrogen-bond donors (Lipinski definition) is 1. The molecule has 0 radical (unpaired) electrons. The van der Waals surface area contributed by atoms with Gasteiger partial charge < -0.3 is 4.57 Å². The highest BCUT2D eigenvalue weighted by Crippen LogP contribution is 2.31. The number of aromatic nitrogens is 4. The minimum absolute atomic E-state index is 0.0566. The maximum atomic E-state index is 12.5. The van der Waals surface area contributed by atoms with E-state index in [1.54, 1.807) is 16.5 Å². The van der Waals surface area contributed by atoms with Crippen LogP contribution in [0.25, 0.3) is 11.2 Å². The molecule has 0 atom stereocenters. The van der Waals surface area contributed by atoms with E-state index in [2.05, 4.69) is 9.97 Å². The number of imidazole rings is 1. The van der Waals surface area contributed by atoms with Gasteiger partial charge in [-0.1, -0.05) is 19.3 Å². The molecule has 122 valence electrons. The number of fused-ring (bicyclic) bond motifs is 3. The van der Waals surface area contributed by atoms with Crippen LogP contribution in [0, 0.1) is 0 Å². The molecule has 0 spiro atoms. The predicted molar refractivity (Wildman–Crippen MR) is 84.6 cm³/mol. The molecule has 2 aromatic heterocycles. The van der Waals surface area contributed by atoms with Crippen LogP contribution >= 0.6 is 0 Å².